The summed E-state index contributed by atoms with van der Waals surface area (Å²) in [6.45, 7) is 3.87. The first-order valence-corrected chi connectivity index (χ1v) is 8.91. The van der Waals surface area contributed by atoms with Crippen molar-refractivity contribution in [2.24, 2.45) is 0 Å². The second kappa shape index (κ2) is 5.86. The highest BCUT2D eigenvalue weighted by molar-refractivity contribution is 7.93. The van der Waals surface area contributed by atoms with Gasteiger partial charge in [0.1, 0.15) is 5.60 Å². The molecule has 6 nitrogen and oxygen atoms in total. The number of ether oxygens (including phenoxy) is 1. The molecule has 2 rings (SSSR count). The van der Waals surface area contributed by atoms with Crippen LogP contribution >= 0.6 is 11.3 Å². The molecular formula is C12H15F3N2O4S2. The Morgan fingerprint density at radius 3 is 2.65 bits per heavy atom. The van der Waals surface area contributed by atoms with Crippen molar-refractivity contribution in [2.45, 2.75) is 37.9 Å². The van der Waals surface area contributed by atoms with E-state index < -0.39 is 27.2 Å². The topological polar surface area (TPSA) is 75.7 Å². The molecule has 0 bridgehead atoms. The molecular weight excluding hydrogens is 357 g/mol. The third-order valence-corrected chi connectivity index (χ3v) is 5.24. The number of cyclic esters (lactones) is 1. The Hall–Kier alpha value is -1.49. The summed E-state index contributed by atoms with van der Waals surface area (Å²) >= 11 is 1.05. The Bertz CT molecular complexity index is 697. The molecule has 2 heterocycles. The Morgan fingerprint density at radius 2 is 2.09 bits per heavy atom. The van der Waals surface area contributed by atoms with Crippen LogP contribution in [0.15, 0.2) is 11.4 Å². The van der Waals surface area contributed by atoms with Crippen molar-refractivity contribution < 1.29 is 31.1 Å². The van der Waals surface area contributed by atoms with Gasteiger partial charge in [0.05, 0.1) is 12.2 Å². The largest absolute Gasteiger partial charge is 0.516 e. The lowest BCUT2D eigenvalue weighted by atomic mass is 10.0. The summed E-state index contributed by atoms with van der Waals surface area (Å²) in [5.74, 6) is 0. The van der Waals surface area contributed by atoms with Gasteiger partial charge in [-0.2, -0.15) is 21.6 Å². The first kappa shape index (κ1) is 17.9. The molecule has 0 saturated carbocycles. The highest BCUT2D eigenvalue weighted by Crippen LogP contribution is 2.31. The average Bonchev–Trinajstić information content (AvgIpc) is 2.77. The van der Waals surface area contributed by atoms with E-state index in [1.807, 2.05) is 0 Å². The van der Waals surface area contributed by atoms with Crippen molar-refractivity contribution in [1.29, 1.82) is 0 Å². The summed E-state index contributed by atoms with van der Waals surface area (Å²) in [6, 6.07) is 1.22. The van der Waals surface area contributed by atoms with Gasteiger partial charge >= 0.3 is 21.6 Å². The molecule has 1 aliphatic heterocycles. The van der Waals surface area contributed by atoms with Gasteiger partial charge in [0.2, 0.25) is 0 Å². The highest BCUT2D eigenvalue weighted by Gasteiger charge is 2.46. The van der Waals surface area contributed by atoms with E-state index in [1.54, 1.807) is 13.8 Å². The van der Waals surface area contributed by atoms with Gasteiger partial charge in [0.15, 0.2) is 0 Å². The normalized spacial score (nSPS) is 18.7. The van der Waals surface area contributed by atoms with Gasteiger partial charge in [-0.05, 0) is 25.3 Å². The zero-order chi connectivity index (χ0) is 17.5. The molecule has 130 valence electrons. The lowest BCUT2D eigenvalue weighted by Gasteiger charge is -2.36. The number of hydrogen-bond donors (Lipinski definition) is 1. The van der Waals surface area contributed by atoms with Gasteiger partial charge in [-0.15, -0.1) is 11.3 Å². The van der Waals surface area contributed by atoms with Gasteiger partial charge in [0.25, 0.3) is 0 Å². The van der Waals surface area contributed by atoms with Crippen LogP contribution < -0.4 is 4.72 Å². The van der Waals surface area contributed by atoms with Crippen molar-refractivity contribution in [2.75, 3.05) is 11.3 Å². The number of carbonyl (C=O) groups excluding carboxylic acids is 1. The minimum atomic E-state index is -5.49. The minimum Gasteiger partial charge on any atom is -0.443 e. The van der Waals surface area contributed by atoms with Crippen LogP contribution in [0.1, 0.15) is 25.1 Å². The number of carbonyl (C=O) groups is 1. The summed E-state index contributed by atoms with van der Waals surface area (Å²) in [4.78, 5) is 13.5. The SMILES string of the molecule is CC1(C)CCN(Cc2sccc2NS(=O)(=O)C(F)(F)F)C(=O)O1. The van der Waals surface area contributed by atoms with Crippen LogP contribution in [0, 0.1) is 0 Å². The maximum absolute atomic E-state index is 12.4. The number of alkyl halides is 3. The first-order valence-electron chi connectivity index (χ1n) is 6.55. The summed E-state index contributed by atoms with van der Waals surface area (Å²) in [5.41, 5.74) is -6.19. The van der Waals surface area contributed by atoms with E-state index in [4.69, 9.17) is 4.74 Å². The Kier molecular flexibility index (Phi) is 4.55. The maximum Gasteiger partial charge on any atom is 0.516 e. The molecule has 1 amide bonds. The van der Waals surface area contributed by atoms with Crippen molar-refractivity contribution >= 4 is 33.1 Å². The molecule has 1 aromatic rings. The van der Waals surface area contributed by atoms with E-state index in [9.17, 15) is 26.4 Å². The molecule has 1 fully saturated rings. The minimum absolute atomic E-state index is 0.0255. The molecule has 0 spiro atoms. The fraction of sp³-hybridized carbons (Fsp3) is 0.583. The molecule has 11 heteroatoms. The third-order valence-electron chi connectivity index (χ3n) is 3.23. The highest BCUT2D eigenvalue weighted by atomic mass is 32.2. The number of anilines is 1. The van der Waals surface area contributed by atoms with Crippen LogP contribution in [0.3, 0.4) is 0 Å². The van der Waals surface area contributed by atoms with E-state index >= 15 is 0 Å². The fourth-order valence-corrected chi connectivity index (χ4v) is 3.43. The number of nitrogens with zero attached hydrogens (tertiary/aromatic N) is 1. The third kappa shape index (κ3) is 4.08. The summed E-state index contributed by atoms with van der Waals surface area (Å²) in [5, 5.41) is 1.45. The molecule has 1 aromatic heterocycles. The molecule has 1 saturated heterocycles. The van der Waals surface area contributed by atoms with Crippen LogP contribution in [0.4, 0.5) is 23.7 Å². The molecule has 23 heavy (non-hydrogen) atoms. The molecule has 1 aliphatic rings. The first-order chi connectivity index (χ1) is 10.4. The predicted molar refractivity (Wildman–Crippen MR) is 78.5 cm³/mol. The smallest absolute Gasteiger partial charge is 0.443 e. The van der Waals surface area contributed by atoms with Crippen LogP contribution in [0.25, 0.3) is 0 Å². The van der Waals surface area contributed by atoms with Crippen molar-refractivity contribution in [1.82, 2.24) is 4.90 Å². The fourth-order valence-electron chi connectivity index (χ4n) is 1.92. The number of amides is 1. The van der Waals surface area contributed by atoms with Gasteiger partial charge in [-0.1, -0.05) is 0 Å². The zero-order valence-corrected chi connectivity index (χ0v) is 13.9. The second-order valence-electron chi connectivity index (χ2n) is 5.61. The monoisotopic (exact) mass is 372 g/mol. The van der Waals surface area contributed by atoms with E-state index in [0.29, 0.717) is 17.8 Å². The number of rotatable bonds is 4. The van der Waals surface area contributed by atoms with Gasteiger partial charge in [-0.25, -0.2) is 4.79 Å². The summed E-state index contributed by atoms with van der Waals surface area (Å²) < 4.78 is 66.4. The molecule has 0 atom stereocenters. The molecule has 1 N–H and O–H groups in total. The van der Waals surface area contributed by atoms with E-state index in [-0.39, 0.29) is 12.2 Å². The van der Waals surface area contributed by atoms with Crippen molar-refractivity contribution in [3.63, 3.8) is 0 Å². The maximum atomic E-state index is 12.4. The number of thiophene rings is 1. The lowest BCUT2D eigenvalue weighted by molar-refractivity contribution is -0.0430. The molecule has 0 radical (unpaired) electrons. The average molecular weight is 372 g/mol. The van der Waals surface area contributed by atoms with E-state index in [0.717, 1.165) is 11.3 Å². The summed E-state index contributed by atoms with van der Waals surface area (Å²) in [6.07, 6.45) is -0.0208. The van der Waals surface area contributed by atoms with Gasteiger partial charge in [-0.3, -0.25) is 4.72 Å². The summed E-state index contributed by atoms with van der Waals surface area (Å²) in [7, 11) is -5.49. The second-order valence-corrected chi connectivity index (χ2v) is 8.28. The Morgan fingerprint density at radius 1 is 1.43 bits per heavy atom. The molecule has 0 unspecified atom stereocenters. The van der Waals surface area contributed by atoms with Gasteiger partial charge in [0, 0.05) is 17.8 Å². The Balaban J connectivity index is 2.12. The lowest BCUT2D eigenvalue weighted by Crippen LogP contribution is -2.46. The van der Waals surface area contributed by atoms with Crippen LogP contribution in [-0.4, -0.2) is 37.1 Å². The quantitative estimate of drug-likeness (QED) is 0.881. The molecule has 0 aromatic carbocycles. The Labute approximate surface area is 135 Å². The van der Waals surface area contributed by atoms with Crippen molar-refractivity contribution in [3.8, 4) is 0 Å². The number of halogens is 3. The van der Waals surface area contributed by atoms with Crippen molar-refractivity contribution in [3.05, 3.63) is 16.3 Å². The van der Waals surface area contributed by atoms with E-state index in [1.165, 1.54) is 21.1 Å². The standard InChI is InChI=1S/C12H15F3N2O4S2/c1-11(2)4-5-17(10(18)21-11)7-9-8(3-6-22-9)16-23(19,20)12(13,14)15/h3,6,16H,4-5,7H2,1-2H3. The van der Waals surface area contributed by atoms with E-state index in [2.05, 4.69) is 0 Å². The number of nitrogens with one attached hydrogen (secondary N) is 1. The number of sulfonamides is 1. The van der Waals surface area contributed by atoms with Crippen LogP contribution in [0.5, 0.6) is 0 Å². The molecule has 0 aliphatic carbocycles. The van der Waals surface area contributed by atoms with Crippen LogP contribution in [0.2, 0.25) is 0 Å². The number of hydrogen-bond acceptors (Lipinski definition) is 5. The predicted octanol–water partition coefficient (Wildman–Crippen LogP) is 3.13. The zero-order valence-electron chi connectivity index (χ0n) is 12.3. The van der Waals surface area contributed by atoms with Gasteiger partial charge < -0.3 is 9.64 Å². The van der Waals surface area contributed by atoms with Crippen LogP contribution in [-0.2, 0) is 21.3 Å².